The van der Waals surface area contributed by atoms with Crippen molar-refractivity contribution in [2.75, 3.05) is 4.90 Å². The van der Waals surface area contributed by atoms with Crippen LogP contribution in [0.4, 0.5) is 11.4 Å². The van der Waals surface area contributed by atoms with E-state index in [0.717, 1.165) is 22.5 Å². The van der Waals surface area contributed by atoms with E-state index in [9.17, 15) is 0 Å². The number of nitrogens with one attached hydrogen (secondary N) is 1. The van der Waals surface area contributed by atoms with Gasteiger partial charge >= 0.3 is 0 Å². The molecule has 0 saturated heterocycles. The summed E-state index contributed by atoms with van der Waals surface area (Å²) in [5.74, 6) is 0.0265. The Morgan fingerprint density at radius 2 is 1.26 bits per heavy atom. The van der Waals surface area contributed by atoms with E-state index in [1.54, 1.807) is 4.90 Å². The molecule has 100 valence electrons. The summed E-state index contributed by atoms with van der Waals surface area (Å²) in [4.78, 5) is 1.77. The molecule has 0 bridgehead atoms. The van der Waals surface area contributed by atoms with Crippen molar-refractivity contribution in [2.45, 2.75) is 21.3 Å². The van der Waals surface area contributed by atoms with Crippen LogP contribution in [0, 0.1) is 19.3 Å². The third kappa shape index (κ3) is 2.94. The zero-order valence-electron chi connectivity index (χ0n) is 10.6. The van der Waals surface area contributed by atoms with Crippen LogP contribution in [-0.2, 0) is 0 Å². The van der Waals surface area contributed by atoms with E-state index in [2.05, 4.69) is 0 Å². The predicted molar refractivity (Wildman–Crippen MR) is 83.1 cm³/mol. The van der Waals surface area contributed by atoms with E-state index in [0.29, 0.717) is 0 Å². The molecule has 0 aliphatic heterocycles. The van der Waals surface area contributed by atoms with Crippen molar-refractivity contribution >= 4 is 17.3 Å². The Kier molecular flexibility index (Phi) is 4.70. The summed E-state index contributed by atoms with van der Waals surface area (Å²) in [5.41, 5.74) is 9.82. The number of nitrogens with zero attached hydrogens (tertiary/aromatic N) is 1. The molecule has 19 heavy (non-hydrogen) atoms. The minimum atomic E-state index is 0. The van der Waals surface area contributed by atoms with Gasteiger partial charge in [0.2, 0.25) is 0 Å². The summed E-state index contributed by atoms with van der Waals surface area (Å²) in [7, 11) is 0. The van der Waals surface area contributed by atoms with Gasteiger partial charge in [0, 0.05) is 0 Å². The van der Waals surface area contributed by atoms with Gasteiger partial charge in [0.15, 0.2) is 5.96 Å². The van der Waals surface area contributed by atoms with Crippen molar-refractivity contribution in [1.82, 2.24) is 0 Å². The van der Waals surface area contributed by atoms with Crippen LogP contribution in [0.25, 0.3) is 0 Å². The number of para-hydroxylation sites is 2. The van der Waals surface area contributed by atoms with Crippen molar-refractivity contribution in [3.8, 4) is 0 Å². The Labute approximate surface area is 115 Å². The number of aryl methyl sites for hydroxylation is 2. The van der Waals surface area contributed by atoms with Crippen LogP contribution >= 0.6 is 0 Å². The summed E-state index contributed by atoms with van der Waals surface area (Å²) < 4.78 is 0. The van der Waals surface area contributed by atoms with Gasteiger partial charge in [-0.3, -0.25) is 10.3 Å². The highest BCUT2D eigenvalue weighted by atomic mass is 15.2. The Hall–Kier alpha value is -2.29. The Bertz CT molecular complexity index is 530. The maximum Gasteiger partial charge on any atom is 0.197 e. The lowest BCUT2D eigenvalue weighted by molar-refractivity contribution is 1.21. The van der Waals surface area contributed by atoms with Gasteiger partial charge in [0.1, 0.15) is 0 Å². The molecule has 0 heterocycles. The molecular weight excluding hydrogens is 234 g/mol. The second-order valence-corrected chi connectivity index (χ2v) is 4.29. The molecule has 0 spiro atoms. The smallest absolute Gasteiger partial charge is 0.197 e. The second kappa shape index (κ2) is 6.05. The molecule has 3 nitrogen and oxygen atoms in total. The number of rotatable bonds is 2. The second-order valence-electron chi connectivity index (χ2n) is 4.29. The van der Waals surface area contributed by atoms with Crippen molar-refractivity contribution in [3.63, 3.8) is 0 Å². The topological polar surface area (TPSA) is 53.1 Å². The lowest BCUT2D eigenvalue weighted by atomic mass is 10.1. The molecular formula is C16H21N3. The molecule has 0 radical (unpaired) electrons. The lowest BCUT2D eigenvalue weighted by Gasteiger charge is -2.26. The molecule has 0 fully saturated rings. The molecule has 0 saturated carbocycles. The number of hydrogen-bond acceptors (Lipinski definition) is 1. The summed E-state index contributed by atoms with van der Waals surface area (Å²) in [6.07, 6.45) is 0. The average molecular weight is 255 g/mol. The molecule has 2 aromatic carbocycles. The SMILES string of the molecule is C.Cc1ccccc1N(C(=N)N)c1ccccc1C. The molecule has 0 amide bonds. The fraction of sp³-hybridized carbons (Fsp3) is 0.188. The normalized spacial score (nSPS) is 9.58. The van der Waals surface area contributed by atoms with Gasteiger partial charge in [-0.2, -0.15) is 0 Å². The first-order chi connectivity index (χ1) is 8.61. The largest absolute Gasteiger partial charge is 0.369 e. The maximum absolute atomic E-state index is 7.82. The molecule has 0 aliphatic rings. The lowest BCUT2D eigenvalue weighted by Crippen LogP contribution is -2.33. The number of hydrogen-bond donors (Lipinski definition) is 2. The highest BCUT2D eigenvalue weighted by molar-refractivity contribution is 6.01. The van der Waals surface area contributed by atoms with Crippen LogP contribution in [0.2, 0.25) is 0 Å². The van der Waals surface area contributed by atoms with E-state index >= 15 is 0 Å². The van der Waals surface area contributed by atoms with Gasteiger partial charge in [0.05, 0.1) is 11.4 Å². The number of nitrogens with two attached hydrogens (primary N) is 1. The van der Waals surface area contributed by atoms with Crippen molar-refractivity contribution < 1.29 is 0 Å². The van der Waals surface area contributed by atoms with Crippen LogP contribution in [-0.4, -0.2) is 5.96 Å². The molecule has 0 unspecified atom stereocenters. The monoisotopic (exact) mass is 255 g/mol. The first-order valence-corrected chi connectivity index (χ1v) is 5.86. The van der Waals surface area contributed by atoms with Crippen molar-refractivity contribution in [3.05, 3.63) is 59.7 Å². The first kappa shape index (κ1) is 14.8. The quantitative estimate of drug-likeness (QED) is 0.630. The number of anilines is 2. The van der Waals surface area contributed by atoms with Gasteiger partial charge in [-0.1, -0.05) is 43.8 Å². The molecule has 0 aromatic heterocycles. The van der Waals surface area contributed by atoms with E-state index in [4.69, 9.17) is 11.1 Å². The van der Waals surface area contributed by atoms with E-state index in [-0.39, 0.29) is 13.4 Å². The van der Waals surface area contributed by atoms with Gasteiger partial charge in [-0.05, 0) is 37.1 Å². The van der Waals surface area contributed by atoms with Crippen LogP contribution in [0.5, 0.6) is 0 Å². The molecule has 0 atom stereocenters. The van der Waals surface area contributed by atoms with Crippen LogP contribution in [0.15, 0.2) is 48.5 Å². The van der Waals surface area contributed by atoms with Crippen molar-refractivity contribution in [1.29, 1.82) is 5.41 Å². The predicted octanol–water partition coefficient (Wildman–Crippen LogP) is 3.97. The maximum atomic E-state index is 7.82. The summed E-state index contributed by atoms with van der Waals surface area (Å²) in [6, 6.07) is 15.9. The number of benzene rings is 2. The zero-order valence-corrected chi connectivity index (χ0v) is 10.6. The molecule has 2 aromatic rings. The standard InChI is InChI=1S/C15H17N3.CH4/c1-11-7-3-5-9-13(11)18(15(16)17)14-10-6-4-8-12(14)2;/h3-10H,1-2H3,(H3,16,17);1H4. The molecule has 0 aliphatic carbocycles. The van der Waals surface area contributed by atoms with Crippen LogP contribution < -0.4 is 10.6 Å². The van der Waals surface area contributed by atoms with Crippen LogP contribution in [0.1, 0.15) is 18.6 Å². The third-order valence-electron chi connectivity index (χ3n) is 2.95. The minimum absolute atomic E-state index is 0. The van der Waals surface area contributed by atoms with Gasteiger partial charge < -0.3 is 5.73 Å². The average Bonchev–Trinajstić information content (AvgIpc) is 2.34. The Balaban J connectivity index is 0.00000180. The van der Waals surface area contributed by atoms with Crippen LogP contribution in [0.3, 0.4) is 0 Å². The summed E-state index contributed by atoms with van der Waals surface area (Å²) >= 11 is 0. The fourth-order valence-electron chi connectivity index (χ4n) is 2.02. The first-order valence-electron chi connectivity index (χ1n) is 5.86. The van der Waals surface area contributed by atoms with E-state index in [1.807, 2.05) is 62.4 Å². The molecule has 3 heteroatoms. The Morgan fingerprint density at radius 1 is 0.895 bits per heavy atom. The van der Waals surface area contributed by atoms with Gasteiger partial charge in [0.25, 0.3) is 0 Å². The van der Waals surface area contributed by atoms with E-state index in [1.165, 1.54) is 0 Å². The Morgan fingerprint density at radius 3 is 1.58 bits per heavy atom. The highest BCUT2D eigenvalue weighted by Gasteiger charge is 2.15. The molecule has 2 rings (SSSR count). The minimum Gasteiger partial charge on any atom is -0.369 e. The highest BCUT2D eigenvalue weighted by Crippen LogP contribution is 2.29. The number of guanidine groups is 1. The fourth-order valence-corrected chi connectivity index (χ4v) is 2.02. The van der Waals surface area contributed by atoms with Gasteiger partial charge in [-0.15, -0.1) is 0 Å². The zero-order chi connectivity index (χ0) is 13.1. The third-order valence-corrected chi connectivity index (χ3v) is 2.95. The summed E-state index contributed by atoms with van der Waals surface area (Å²) in [5, 5.41) is 7.82. The molecule has 3 N–H and O–H groups in total. The van der Waals surface area contributed by atoms with E-state index < -0.39 is 0 Å². The van der Waals surface area contributed by atoms with Crippen molar-refractivity contribution in [2.24, 2.45) is 5.73 Å². The summed E-state index contributed by atoms with van der Waals surface area (Å²) in [6.45, 7) is 4.03. The van der Waals surface area contributed by atoms with Gasteiger partial charge in [-0.25, -0.2) is 0 Å².